The Morgan fingerprint density at radius 1 is 1.38 bits per heavy atom. The summed E-state index contributed by atoms with van der Waals surface area (Å²) in [6.07, 6.45) is 3.95. The number of amides is 1. The molecule has 2 atom stereocenters. The molecular formula is C16H27Cl2N3O2S. The van der Waals surface area contributed by atoms with E-state index in [1.54, 1.807) is 11.3 Å². The quantitative estimate of drug-likeness (QED) is 0.853. The van der Waals surface area contributed by atoms with Gasteiger partial charge in [-0.2, -0.15) is 0 Å². The second-order valence-electron chi connectivity index (χ2n) is 6.43. The standard InChI is InChI=1S/C16H25N3O2S.2ClH/c1-11-10-22-15(18-11)13-3-2-6-19(9-13)16(20)14(17)12-4-7-21-8-5-12;;/h10,12-14H,2-9,17H2,1H3;2*1H. The molecule has 5 nitrogen and oxygen atoms in total. The van der Waals surface area contributed by atoms with Gasteiger partial charge in [0.25, 0.3) is 0 Å². The number of halogens is 2. The summed E-state index contributed by atoms with van der Waals surface area (Å²) in [5.41, 5.74) is 7.32. The van der Waals surface area contributed by atoms with Crippen LogP contribution in [0.2, 0.25) is 0 Å². The average Bonchev–Trinajstić information content (AvgIpc) is 3.01. The minimum Gasteiger partial charge on any atom is -0.381 e. The van der Waals surface area contributed by atoms with Crippen LogP contribution in [0.1, 0.15) is 42.3 Å². The summed E-state index contributed by atoms with van der Waals surface area (Å²) < 4.78 is 5.36. The number of carbonyl (C=O) groups excluding carboxylic acids is 1. The molecule has 0 spiro atoms. The van der Waals surface area contributed by atoms with E-state index in [9.17, 15) is 4.79 Å². The highest BCUT2D eigenvalue weighted by molar-refractivity contribution is 7.09. The summed E-state index contributed by atoms with van der Waals surface area (Å²) in [6.45, 7) is 5.07. The van der Waals surface area contributed by atoms with Crippen LogP contribution in [0.15, 0.2) is 5.38 Å². The highest BCUT2D eigenvalue weighted by Gasteiger charge is 2.33. The molecule has 0 saturated carbocycles. The fourth-order valence-corrected chi connectivity index (χ4v) is 4.35. The molecule has 24 heavy (non-hydrogen) atoms. The molecule has 2 fully saturated rings. The highest BCUT2D eigenvalue weighted by atomic mass is 35.5. The Hall–Kier alpha value is -0.400. The Morgan fingerprint density at radius 2 is 2.08 bits per heavy atom. The fourth-order valence-electron chi connectivity index (χ4n) is 3.43. The molecule has 0 radical (unpaired) electrons. The largest absolute Gasteiger partial charge is 0.381 e. The van der Waals surface area contributed by atoms with Gasteiger partial charge in [0.1, 0.15) is 0 Å². The number of thiazole rings is 1. The van der Waals surface area contributed by atoms with Crippen LogP contribution in [0.4, 0.5) is 0 Å². The zero-order valence-corrected chi connectivity index (χ0v) is 16.4. The molecule has 2 aliphatic heterocycles. The van der Waals surface area contributed by atoms with Crippen molar-refractivity contribution < 1.29 is 9.53 Å². The third kappa shape index (κ3) is 5.05. The lowest BCUT2D eigenvalue weighted by atomic mass is 9.90. The number of hydrogen-bond acceptors (Lipinski definition) is 5. The zero-order valence-electron chi connectivity index (χ0n) is 14.0. The van der Waals surface area contributed by atoms with Crippen molar-refractivity contribution in [2.75, 3.05) is 26.3 Å². The summed E-state index contributed by atoms with van der Waals surface area (Å²) in [6, 6.07) is -0.374. The van der Waals surface area contributed by atoms with Crippen LogP contribution in [0.5, 0.6) is 0 Å². The summed E-state index contributed by atoms with van der Waals surface area (Å²) >= 11 is 1.71. The van der Waals surface area contributed by atoms with Crippen molar-refractivity contribution >= 4 is 42.1 Å². The molecule has 2 N–H and O–H groups in total. The molecule has 3 heterocycles. The number of nitrogens with zero attached hydrogens (tertiary/aromatic N) is 2. The number of piperidine rings is 1. The maximum atomic E-state index is 12.7. The van der Waals surface area contributed by atoms with Crippen LogP contribution in [0.25, 0.3) is 0 Å². The van der Waals surface area contributed by atoms with Gasteiger partial charge in [0.05, 0.1) is 11.0 Å². The van der Waals surface area contributed by atoms with E-state index in [1.165, 1.54) is 0 Å². The molecule has 2 unspecified atom stereocenters. The van der Waals surface area contributed by atoms with Crippen LogP contribution in [0.3, 0.4) is 0 Å². The van der Waals surface area contributed by atoms with Crippen molar-refractivity contribution in [2.24, 2.45) is 11.7 Å². The number of aryl methyl sites for hydroxylation is 1. The lowest BCUT2D eigenvalue weighted by Gasteiger charge is -2.36. The first-order valence-corrected chi connectivity index (χ1v) is 9.07. The molecule has 2 saturated heterocycles. The Balaban J connectivity index is 0.00000144. The van der Waals surface area contributed by atoms with Crippen molar-refractivity contribution in [1.82, 2.24) is 9.88 Å². The van der Waals surface area contributed by atoms with Gasteiger partial charge in [-0.25, -0.2) is 4.98 Å². The molecule has 3 rings (SSSR count). The number of carbonyl (C=O) groups is 1. The monoisotopic (exact) mass is 395 g/mol. The second-order valence-corrected chi connectivity index (χ2v) is 7.32. The molecule has 138 valence electrons. The van der Waals surface area contributed by atoms with E-state index < -0.39 is 0 Å². The summed E-state index contributed by atoms with van der Waals surface area (Å²) in [4.78, 5) is 19.3. The van der Waals surface area contributed by atoms with Gasteiger partial charge in [-0.05, 0) is 38.5 Å². The summed E-state index contributed by atoms with van der Waals surface area (Å²) in [5, 5.41) is 3.25. The molecule has 1 aromatic rings. The Labute approximate surface area is 160 Å². The van der Waals surface area contributed by atoms with Gasteiger partial charge in [0, 0.05) is 43.3 Å². The van der Waals surface area contributed by atoms with Gasteiger partial charge in [-0.15, -0.1) is 36.2 Å². The first kappa shape index (κ1) is 21.6. The molecular weight excluding hydrogens is 369 g/mol. The van der Waals surface area contributed by atoms with Crippen molar-refractivity contribution in [1.29, 1.82) is 0 Å². The summed E-state index contributed by atoms with van der Waals surface area (Å²) in [7, 11) is 0. The lowest BCUT2D eigenvalue weighted by Crippen LogP contribution is -2.51. The number of ether oxygens (including phenoxy) is 1. The molecule has 2 aliphatic rings. The average molecular weight is 396 g/mol. The van der Waals surface area contributed by atoms with Crippen molar-refractivity contribution in [3.05, 3.63) is 16.1 Å². The second kappa shape index (κ2) is 9.92. The molecule has 1 amide bonds. The van der Waals surface area contributed by atoms with E-state index in [1.807, 2.05) is 11.8 Å². The van der Waals surface area contributed by atoms with Crippen LogP contribution in [0, 0.1) is 12.8 Å². The van der Waals surface area contributed by atoms with Gasteiger partial charge in [0.2, 0.25) is 5.91 Å². The van der Waals surface area contributed by atoms with Crippen molar-refractivity contribution in [3.63, 3.8) is 0 Å². The Morgan fingerprint density at radius 3 is 2.71 bits per heavy atom. The maximum absolute atomic E-state index is 12.7. The maximum Gasteiger partial charge on any atom is 0.239 e. The van der Waals surface area contributed by atoms with Crippen LogP contribution in [-0.4, -0.2) is 48.1 Å². The van der Waals surface area contributed by atoms with Gasteiger partial charge < -0.3 is 15.4 Å². The first-order valence-electron chi connectivity index (χ1n) is 8.19. The van der Waals surface area contributed by atoms with Gasteiger partial charge in [0.15, 0.2) is 0 Å². The molecule has 8 heteroatoms. The van der Waals surface area contributed by atoms with Crippen LogP contribution in [-0.2, 0) is 9.53 Å². The number of nitrogens with two attached hydrogens (primary N) is 1. The SMILES string of the molecule is Cc1csc(C2CCCN(C(=O)C(N)C3CCOCC3)C2)n1.Cl.Cl. The van der Waals surface area contributed by atoms with E-state index in [4.69, 9.17) is 10.5 Å². The minimum absolute atomic E-state index is 0. The molecule has 0 bridgehead atoms. The Bertz CT molecular complexity index is 523. The normalized spacial score (nSPS) is 23.1. The highest BCUT2D eigenvalue weighted by Crippen LogP contribution is 2.30. The number of likely N-dealkylation sites (tertiary alicyclic amines) is 1. The smallest absolute Gasteiger partial charge is 0.239 e. The minimum atomic E-state index is -0.374. The van der Waals surface area contributed by atoms with Crippen molar-refractivity contribution in [3.8, 4) is 0 Å². The van der Waals surface area contributed by atoms with Gasteiger partial charge in [-0.1, -0.05) is 0 Å². The van der Waals surface area contributed by atoms with E-state index in [0.29, 0.717) is 5.92 Å². The van der Waals surface area contributed by atoms with E-state index in [2.05, 4.69) is 10.4 Å². The lowest BCUT2D eigenvalue weighted by molar-refractivity contribution is -0.136. The zero-order chi connectivity index (χ0) is 15.5. The Kier molecular flexibility index (Phi) is 8.95. The van der Waals surface area contributed by atoms with Crippen molar-refractivity contribution in [2.45, 2.75) is 44.6 Å². The first-order chi connectivity index (χ1) is 10.6. The third-order valence-electron chi connectivity index (χ3n) is 4.78. The number of rotatable bonds is 3. The van der Waals surface area contributed by atoms with E-state index in [-0.39, 0.29) is 42.7 Å². The number of aromatic nitrogens is 1. The van der Waals surface area contributed by atoms with E-state index in [0.717, 1.165) is 62.7 Å². The fraction of sp³-hybridized carbons (Fsp3) is 0.750. The van der Waals surface area contributed by atoms with Gasteiger partial charge >= 0.3 is 0 Å². The number of hydrogen-bond donors (Lipinski definition) is 1. The van der Waals surface area contributed by atoms with Crippen LogP contribution >= 0.6 is 36.2 Å². The predicted molar refractivity (Wildman–Crippen MR) is 101 cm³/mol. The molecule has 0 aromatic carbocycles. The van der Waals surface area contributed by atoms with Gasteiger partial charge in [-0.3, -0.25) is 4.79 Å². The topological polar surface area (TPSA) is 68.5 Å². The van der Waals surface area contributed by atoms with Crippen LogP contribution < -0.4 is 5.73 Å². The van der Waals surface area contributed by atoms with E-state index >= 15 is 0 Å². The third-order valence-corrected chi connectivity index (χ3v) is 5.90. The molecule has 1 aromatic heterocycles. The summed E-state index contributed by atoms with van der Waals surface area (Å²) in [5.74, 6) is 0.756. The molecule has 0 aliphatic carbocycles. The predicted octanol–water partition coefficient (Wildman–Crippen LogP) is 2.76.